The molecule has 0 atom stereocenters. The molecule has 2 aromatic carbocycles. The molecule has 1 aliphatic rings. The molecule has 1 aliphatic carbocycles. The number of anilines is 1. The molecule has 1 saturated carbocycles. The first-order valence-electron chi connectivity index (χ1n) is 12.6. The number of alkyl halides is 5. The van der Waals surface area contributed by atoms with Crippen molar-refractivity contribution in [3.63, 3.8) is 0 Å². The second-order valence-electron chi connectivity index (χ2n) is 10.1. The van der Waals surface area contributed by atoms with Crippen molar-refractivity contribution in [3.05, 3.63) is 88.6 Å². The number of rotatable bonds is 6. The monoisotopic (exact) mass is 551 g/mol. The largest absolute Gasteiger partial charge is 0.433 e. The van der Waals surface area contributed by atoms with Crippen molar-refractivity contribution in [1.29, 1.82) is 0 Å². The van der Waals surface area contributed by atoms with Crippen LogP contribution in [-0.2, 0) is 6.18 Å². The summed E-state index contributed by atoms with van der Waals surface area (Å²) in [6.45, 7) is 0.0950. The van der Waals surface area contributed by atoms with E-state index in [1.807, 2.05) is 24.3 Å². The summed E-state index contributed by atoms with van der Waals surface area (Å²) in [5.74, 6) is -2.52. The Morgan fingerprint density at radius 3 is 2.38 bits per heavy atom. The van der Waals surface area contributed by atoms with Gasteiger partial charge >= 0.3 is 6.18 Å². The number of nitrogens with zero attached hydrogens (tertiary/aromatic N) is 4. The first-order valence-corrected chi connectivity index (χ1v) is 12.6. The lowest BCUT2D eigenvalue weighted by Gasteiger charge is -2.15. The first-order chi connectivity index (χ1) is 19.0. The number of pyridine rings is 2. The van der Waals surface area contributed by atoms with Crippen molar-refractivity contribution in [3.8, 4) is 16.8 Å². The number of hydrogen-bond acceptors (Lipinski definition) is 5. The molecule has 6 nitrogen and oxygen atoms in total. The minimum absolute atomic E-state index is 0.0423. The quantitative estimate of drug-likeness (QED) is 0.231. The molecule has 11 heteroatoms. The number of aromatic nitrogens is 4. The van der Waals surface area contributed by atoms with Crippen LogP contribution in [-0.4, -0.2) is 32.0 Å². The standard InChI is InChI=1S/C29H22F5N5O/c1-28(30,31)15-36-27-35-13-20-14-39(21-9-10-22-19(12-21)8-11-23(37-22)29(32,33)34)26(40)24(25(20)38-27)18-6-4-17(5-7-18)16-2-3-16/h4-14,16H,2-3,15H2,1H3,(H,36,38). The molecule has 0 unspecified atom stereocenters. The van der Waals surface area contributed by atoms with Gasteiger partial charge in [0.2, 0.25) is 5.95 Å². The molecule has 0 radical (unpaired) electrons. The first kappa shape index (κ1) is 25.8. The molecular weight excluding hydrogens is 529 g/mol. The summed E-state index contributed by atoms with van der Waals surface area (Å²) in [5, 5.41) is 3.41. The molecule has 40 heavy (non-hydrogen) atoms. The number of hydrogen-bond donors (Lipinski definition) is 1. The summed E-state index contributed by atoms with van der Waals surface area (Å²) >= 11 is 0. The van der Waals surface area contributed by atoms with E-state index < -0.39 is 29.9 Å². The van der Waals surface area contributed by atoms with Crippen LogP contribution in [0.5, 0.6) is 0 Å². The van der Waals surface area contributed by atoms with Gasteiger partial charge in [0.15, 0.2) is 0 Å². The van der Waals surface area contributed by atoms with Crippen LogP contribution in [0, 0.1) is 0 Å². The predicted octanol–water partition coefficient (Wildman–Crippen LogP) is 6.96. The molecule has 1 fully saturated rings. The van der Waals surface area contributed by atoms with E-state index in [4.69, 9.17) is 0 Å². The Morgan fingerprint density at radius 2 is 1.70 bits per heavy atom. The van der Waals surface area contributed by atoms with E-state index in [0.29, 0.717) is 27.9 Å². The highest BCUT2D eigenvalue weighted by Crippen LogP contribution is 2.40. The van der Waals surface area contributed by atoms with E-state index in [1.165, 1.54) is 40.7 Å². The molecule has 5 aromatic rings. The summed E-state index contributed by atoms with van der Waals surface area (Å²) in [5.41, 5.74) is 1.41. The Labute approximate surface area is 224 Å². The molecule has 0 saturated heterocycles. The fourth-order valence-corrected chi connectivity index (χ4v) is 4.64. The molecule has 1 N–H and O–H groups in total. The fraction of sp³-hybridized carbons (Fsp3) is 0.241. The van der Waals surface area contributed by atoms with Crippen LogP contribution < -0.4 is 10.9 Å². The highest BCUT2D eigenvalue weighted by molar-refractivity contribution is 5.93. The van der Waals surface area contributed by atoms with Gasteiger partial charge in [-0.05, 0) is 54.2 Å². The average Bonchev–Trinajstić information content (AvgIpc) is 3.76. The Kier molecular flexibility index (Phi) is 6.04. The third-order valence-electron chi connectivity index (χ3n) is 6.80. The van der Waals surface area contributed by atoms with E-state index in [-0.39, 0.29) is 22.5 Å². The summed E-state index contributed by atoms with van der Waals surface area (Å²) in [6, 6.07) is 14.3. The maximum Gasteiger partial charge on any atom is 0.433 e. The van der Waals surface area contributed by atoms with Crippen LogP contribution in [0.1, 0.15) is 36.9 Å². The molecule has 204 valence electrons. The summed E-state index contributed by atoms with van der Waals surface area (Å²) < 4.78 is 67.6. The van der Waals surface area contributed by atoms with Crippen LogP contribution in [0.15, 0.2) is 71.8 Å². The lowest BCUT2D eigenvalue weighted by molar-refractivity contribution is -0.140. The van der Waals surface area contributed by atoms with Gasteiger partial charge in [0.1, 0.15) is 5.69 Å². The van der Waals surface area contributed by atoms with Crippen molar-refractivity contribution >= 4 is 27.8 Å². The number of nitrogens with one attached hydrogen (secondary N) is 1. The number of benzene rings is 2. The van der Waals surface area contributed by atoms with Crippen LogP contribution in [0.4, 0.5) is 27.9 Å². The zero-order valence-corrected chi connectivity index (χ0v) is 21.1. The highest BCUT2D eigenvalue weighted by atomic mass is 19.4. The van der Waals surface area contributed by atoms with E-state index in [0.717, 1.165) is 25.8 Å². The third kappa shape index (κ3) is 5.11. The SMILES string of the molecule is CC(F)(F)CNc1ncc2cn(-c3ccc4nc(C(F)(F)F)ccc4c3)c(=O)c(-c3ccc(C4CC4)cc3)c2n1. The molecule has 3 heterocycles. The van der Waals surface area contributed by atoms with Gasteiger partial charge in [0.25, 0.3) is 11.5 Å². The van der Waals surface area contributed by atoms with Crippen molar-refractivity contribution in [2.45, 2.75) is 37.8 Å². The van der Waals surface area contributed by atoms with Gasteiger partial charge in [-0.3, -0.25) is 9.36 Å². The fourth-order valence-electron chi connectivity index (χ4n) is 4.64. The minimum atomic E-state index is -4.58. The third-order valence-corrected chi connectivity index (χ3v) is 6.80. The van der Waals surface area contributed by atoms with Crippen LogP contribution in [0.2, 0.25) is 0 Å². The maximum atomic E-state index is 14.0. The van der Waals surface area contributed by atoms with Crippen molar-refractivity contribution in [1.82, 2.24) is 19.5 Å². The van der Waals surface area contributed by atoms with Gasteiger partial charge in [-0.15, -0.1) is 0 Å². The summed E-state index contributed by atoms with van der Waals surface area (Å²) in [4.78, 5) is 26.2. The Hall–Kier alpha value is -4.41. The van der Waals surface area contributed by atoms with Gasteiger partial charge in [0.05, 0.1) is 23.1 Å². The Morgan fingerprint density at radius 1 is 0.950 bits per heavy atom. The zero-order chi connectivity index (χ0) is 28.2. The lowest BCUT2D eigenvalue weighted by atomic mass is 10.0. The van der Waals surface area contributed by atoms with Gasteiger partial charge in [0, 0.05) is 35.8 Å². The number of fused-ring (bicyclic) bond motifs is 2. The number of halogens is 5. The van der Waals surface area contributed by atoms with Crippen molar-refractivity contribution in [2.24, 2.45) is 0 Å². The normalized spacial score (nSPS) is 14.2. The van der Waals surface area contributed by atoms with Crippen molar-refractivity contribution < 1.29 is 22.0 Å². The summed E-state index contributed by atoms with van der Waals surface area (Å²) in [6.07, 6.45) is 0.621. The van der Waals surface area contributed by atoms with Gasteiger partial charge in [-0.1, -0.05) is 30.3 Å². The second kappa shape index (κ2) is 9.35. The van der Waals surface area contributed by atoms with Crippen LogP contribution in [0.25, 0.3) is 38.6 Å². The van der Waals surface area contributed by atoms with E-state index in [2.05, 4.69) is 20.3 Å². The highest BCUT2D eigenvalue weighted by Gasteiger charge is 2.32. The molecule has 0 amide bonds. The van der Waals surface area contributed by atoms with Gasteiger partial charge in [-0.25, -0.2) is 23.7 Å². The Balaban J connectivity index is 1.51. The van der Waals surface area contributed by atoms with Gasteiger partial charge < -0.3 is 5.32 Å². The van der Waals surface area contributed by atoms with E-state index in [1.54, 1.807) is 6.07 Å². The second-order valence-corrected chi connectivity index (χ2v) is 10.1. The predicted molar refractivity (Wildman–Crippen MR) is 142 cm³/mol. The smallest absolute Gasteiger partial charge is 0.348 e. The van der Waals surface area contributed by atoms with Crippen LogP contribution in [0.3, 0.4) is 0 Å². The molecule has 6 rings (SSSR count). The van der Waals surface area contributed by atoms with Crippen molar-refractivity contribution in [2.75, 3.05) is 11.9 Å². The molecule has 0 spiro atoms. The Bertz CT molecular complexity index is 1810. The molecular formula is C29H22F5N5O. The molecule has 0 bridgehead atoms. The van der Waals surface area contributed by atoms with Crippen LogP contribution >= 0.6 is 0 Å². The molecule has 3 aromatic heterocycles. The maximum absolute atomic E-state index is 14.0. The van der Waals surface area contributed by atoms with E-state index >= 15 is 0 Å². The molecule has 0 aliphatic heterocycles. The lowest BCUT2D eigenvalue weighted by Crippen LogP contribution is -2.24. The minimum Gasteiger partial charge on any atom is -0.348 e. The zero-order valence-electron chi connectivity index (χ0n) is 21.1. The van der Waals surface area contributed by atoms with Gasteiger partial charge in [-0.2, -0.15) is 13.2 Å². The average molecular weight is 552 g/mol. The van der Waals surface area contributed by atoms with E-state index in [9.17, 15) is 26.7 Å². The topological polar surface area (TPSA) is 72.7 Å². The summed E-state index contributed by atoms with van der Waals surface area (Å²) in [7, 11) is 0.